The number of benzene rings is 2. The average Bonchev–Trinajstić information content (AvgIpc) is 2.50. The van der Waals surface area contributed by atoms with Gasteiger partial charge in [0.25, 0.3) is 0 Å². The molecule has 21 heavy (non-hydrogen) atoms. The molecule has 0 fully saturated rings. The van der Waals surface area contributed by atoms with Gasteiger partial charge in [0.15, 0.2) is 0 Å². The summed E-state index contributed by atoms with van der Waals surface area (Å²) in [5.41, 5.74) is 3.40. The molecule has 0 aliphatic rings. The molecular weight excluding hydrogens is 282 g/mol. The van der Waals surface area contributed by atoms with Crippen LogP contribution in [0.25, 0.3) is 0 Å². The van der Waals surface area contributed by atoms with Crippen LogP contribution in [0, 0.1) is 6.92 Å². The fourth-order valence-electron chi connectivity index (χ4n) is 2.21. The Hall–Kier alpha value is -1.80. The van der Waals surface area contributed by atoms with E-state index in [1.807, 2.05) is 61.5 Å². The largest absolute Gasteiger partial charge is 0.352 e. The first-order chi connectivity index (χ1) is 10.2. The average molecular weight is 302 g/mol. The van der Waals surface area contributed by atoms with Crippen molar-refractivity contribution in [2.45, 2.75) is 25.8 Å². The fourth-order valence-corrected chi connectivity index (χ4v) is 2.40. The number of carbonyl (C=O) groups is 1. The molecule has 1 atom stereocenters. The minimum atomic E-state index is -0.0352. The number of rotatable bonds is 6. The molecule has 0 heterocycles. The molecule has 0 bridgehead atoms. The Morgan fingerprint density at radius 2 is 1.71 bits per heavy atom. The Morgan fingerprint density at radius 1 is 1.05 bits per heavy atom. The number of hydrogen-bond acceptors (Lipinski definition) is 1. The summed E-state index contributed by atoms with van der Waals surface area (Å²) in [4.78, 5) is 12.1. The third kappa shape index (κ3) is 5.24. The molecule has 0 aromatic heterocycles. The highest BCUT2D eigenvalue weighted by Gasteiger charge is 2.12. The second kappa shape index (κ2) is 7.84. The molecule has 0 radical (unpaired) electrons. The Bertz CT molecular complexity index is 566. The second-order valence-electron chi connectivity index (χ2n) is 5.27. The smallest absolute Gasteiger partial charge is 0.224 e. The molecule has 1 N–H and O–H groups in total. The van der Waals surface area contributed by atoms with Crippen molar-refractivity contribution in [3.8, 4) is 0 Å². The molecular formula is C18H20ClNO. The fraction of sp³-hybridized carbons (Fsp3) is 0.278. The predicted octanol–water partition coefficient (Wildman–Crippen LogP) is 3.50. The molecule has 0 spiro atoms. The van der Waals surface area contributed by atoms with E-state index in [9.17, 15) is 4.79 Å². The summed E-state index contributed by atoms with van der Waals surface area (Å²) < 4.78 is 0. The third-order valence-electron chi connectivity index (χ3n) is 3.36. The third-order valence-corrected chi connectivity index (χ3v) is 3.73. The van der Waals surface area contributed by atoms with Crippen molar-refractivity contribution in [3.05, 3.63) is 71.3 Å². The Balaban J connectivity index is 1.89. The zero-order chi connectivity index (χ0) is 15.1. The van der Waals surface area contributed by atoms with Crippen LogP contribution >= 0.6 is 11.6 Å². The molecule has 1 unspecified atom stereocenters. The van der Waals surface area contributed by atoms with E-state index < -0.39 is 0 Å². The van der Waals surface area contributed by atoms with Crippen molar-refractivity contribution in [1.29, 1.82) is 0 Å². The molecule has 0 saturated carbocycles. The van der Waals surface area contributed by atoms with Crippen molar-refractivity contribution in [1.82, 2.24) is 5.32 Å². The van der Waals surface area contributed by atoms with Crippen molar-refractivity contribution >= 4 is 17.5 Å². The van der Waals surface area contributed by atoms with E-state index in [1.54, 1.807) is 0 Å². The van der Waals surface area contributed by atoms with Crippen LogP contribution in [0.15, 0.2) is 54.6 Å². The number of nitrogens with one attached hydrogen (secondary N) is 1. The lowest BCUT2D eigenvalue weighted by Gasteiger charge is -2.16. The number of carbonyl (C=O) groups excluding carboxylic acids is 1. The van der Waals surface area contributed by atoms with Gasteiger partial charge >= 0.3 is 0 Å². The summed E-state index contributed by atoms with van der Waals surface area (Å²) in [6, 6.07) is 18.0. The van der Waals surface area contributed by atoms with E-state index in [4.69, 9.17) is 11.6 Å². The Labute approximate surface area is 131 Å². The van der Waals surface area contributed by atoms with Crippen molar-refractivity contribution in [3.63, 3.8) is 0 Å². The topological polar surface area (TPSA) is 29.1 Å². The minimum Gasteiger partial charge on any atom is -0.352 e. The van der Waals surface area contributed by atoms with Crippen molar-refractivity contribution < 1.29 is 4.79 Å². The normalized spacial score (nSPS) is 11.9. The molecule has 3 heteroatoms. The lowest BCUT2D eigenvalue weighted by Crippen LogP contribution is -2.38. The van der Waals surface area contributed by atoms with Gasteiger partial charge < -0.3 is 5.32 Å². The summed E-state index contributed by atoms with van der Waals surface area (Å²) in [6.07, 6.45) is 1.15. The second-order valence-corrected chi connectivity index (χ2v) is 5.58. The van der Waals surface area contributed by atoms with Gasteiger partial charge in [-0.05, 0) is 24.5 Å². The van der Waals surface area contributed by atoms with Crippen LogP contribution in [0.4, 0.5) is 0 Å². The van der Waals surface area contributed by atoms with Gasteiger partial charge in [0.2, 0.25) is 5.91 Å². The van der Waals surface area contributed by atoms with Crippen molar-refractivity contribution in [2.24, 2.45) is 0 Å². The molecule has 0 aliphatic carbocycles. The molecule has 1 amide bonds. The lowest BCUT2D eigenvalue weighted by atomic mass is 10.1. The number of aryl methyl sites for hydroxylation is 1. The van der Waals surface area contributed by atoms with Gasteiger partial charge in [-0.1, -0.05) is 60.2 Å². The quantitative estimate of drug-likeness (QED) is 0.813. The molecule has 0 aliphatic heterocycles. The first-order valence-electron chi connectivity index (χ1n) is 7.12. The number of alkyl halides is 1. The molecule has 2 aromatic rings. The van der Waals surface area contributed by atoms with E-state index in [0.717, 1.165) is 12.0 Å². The SMILES string of the molecule is Cc1ccc(CC(=O)NC(CCl)Cc2ccccc2)cc1. The van der Waals surface area contributed by atoms with Crippen LogP contribution in [0.2, 0.25) is 0 Å². The number of hydrogen-bond donors (Lipinski definition) is 1. The van der Waals surface area contributed by atoms with E-state index in [2.05, 4.69) is 5.32 Å². The van der Waals surface area contributed by atoms with E-state index in [1.165, 1.54) is 11.1 Å². The van der Waals surface area contributed by atoms with Crippen LogP contribution in [0.3, 0.4) is 0 Å². The van der Waals surface area contributed by atoms with Gasteiger partial charge in [-0.2, -0.15) is 0 Å². The van der Waals surface area contributed by atoms with Crippen LogP contribution < -0.4 is 5.32 Å². The van der Waals surface area contributed by atoms with Crippen molar-refractivity contribution in [2.75, 3.05) is 5.88 Å². The Kier molecular flexibility index (Phi) is 5.82. The summed E-state index contributed by atoms with van der Waals surface area (Å²) >= 11 is 5.97. The first-order valence-corrected chi connectivity index (χ1v) is 7.65. The monoisotopic (exact) mass is 301 g/mol. The minimum absolute atomic E-state index is 0.0143. The predicted molar refractivity (Wildman–Crippen MR) is 87.7 cm³/mol. The zero-order valence-electron chi connectivity index (χ0n) is 12.2. The van der Waals surface area contributed by atoms with Gasteiger partial charge in [0.1, 0.15) is 0 Å². The summed E-state index contributed by atoms with van der Waals surface area (Å²) in [7, 11) is 0. The number of amides is 1. The van der Waals surface area contributed by atoms with Crippen LogP contribution in [0.5, 0.6) is 0 Å². The Morgan fingerprint density at radius 3 is 2.33 bits per heavy atom. The molecule has 2 rings (SSSR count). The summed E-state index contributed by atoms with van der Waals surface area (Å²) in [5.74, 6) is 0.426. The van der Waals surface area contributed by atoms with E-state index >= 15 is 0 Å². The van der Waals surface area contributed by atoms with Gasteiger partial charge in [-0.25, -0.2) is 0 Å². The summed E-state index contributed by atoms with van der Waals surface area (Å²) in [5, 5.41) is 3.01. The van der Waals surface area contributed by atoms with Crippen LogP contribution in [0.1, 0.15) is 16.7 Å². The highest BCUT2D eigenvalue weighted by atomic mass is 35.5. The maximum Gasteiger partial charge on any atom is 0.224 e. The highest BCUT2D eigenvalue weighted by molar-refractivity contribution is 6.18. The molecule has 2 nitrogen and oxygen atoms in total. The van der Waals surface area contributed by atoms with Gasteiger partial charge in [0, 0.05) is 11.9 Å². The van der Waals surface area contributed by atoms with E-state index in [0.29, 0.717) is 12.3 Å². The maximum absolute atomic E-state index is 12.1. The van der Waals surface area contributed by atoms with Gasteiger partial charge in [-0.15, -0.1) is 11.6 Å². The van der Waals surface area contributed by atoms with E-state index in [-0.39, 0.29) is 11.9 Å². The molecule has 110 valence electrons. The van der Waals surface area contributed by atoms with Crippen LogP contribution in [-0.4, -0.2) is 17.8 Å². The maximum atomic E-state index is 12.1. The van der Waals surface area contributed by atoms with Gasteiger partial charge in [0.05, 0.1) is 6.42 Å². The first kappa shape index (κ1) is 15.6. The highest BCUT2D eigenvalue weighted by Crippen LogP contribution is 2.07. The van der Waals surface area contributed by atoms with Gasteiger partial charge in [-0.3, -0.25) is 4.79 Å². The molecule has 2 aromatic carbocycles. The standard InChI is InChI=1S/C18H20ClNO/c1-14-7-9-16(10-8-14)12-18(21)20-17(13-19)11-15-5-3-2-4-6-15/h2-10,17H,11-13H2,1H3,(H,20,21). The lowest BCUT2D eigenvalue weighted by molar-refractivity contribution is -0.121. The number of halogens is 1. The molecule has 0 saturated heterocycles. The summed E-state index contributed by atoms with van der Waals surface area (Å²) in [6.45, 7) is 2.03. The van der Waals surface area contributed by atoms with Crippen LogP contribution in [-0.2, 0) is 17.6 Å². The zero-order valence-corrected chi connectivity index (χ0v) is 12.9.